The zero-order valence-corrected chi connectivity index (χ0v) is 8.89. The van der Waals surface area contributed by atoms with Crippen LogP contribution in [-0.4, -0.2) is 31.2 Å². The molecule has 0 fully saturated rings. The van der Waals surface area contributed by atoms with Crippen molar-refractivity contribution in [2.45, 2.75) is 38.8 Å². The maximum atomic E-state index is 11.0. The maximum Gasteiger partial charge on any atom is 0.237 e. The second-order valence-electron chi connectivity index (χ2n) is 3.62. The minimum atomic E-state index is -0.658. The van der Waals surface area contributed by atoms with Crippen molar-refractivity contribution >= 4 is 5.91 Å². The van der Waals surface area contributed by atoms with E-state index in [-0.39, 0.29) is 12.0 Å². The molecular weight excluding hydrogens is 168 g/mol. The molecule has 0 aliphatic rings. The van der Waals surface area contributed by atoms with Crippen LogP contribution in [0.15, 0.2) is 0 Å². The van der Waals surface area contributed by atoms with Crippen molar-refractivity contribution in [1.82, 2.24) is 5.32 Å². The normalized spacial score (nSPS) is 15.8. The van der Waals surface area contributed by atoms with E-state index in [4.69, 9.17) is 10.5 Å². The van der Waals surface area contributed by atoms with Crippen LogP contribution in [0.25, 0.3) is 0 Å². The molecule has 0 aromatic rings. The van der Waals surface area contributed by atoms with E-state index in [0.29, 0.717) is 13.0 Å². The van der Waals surface area contributed by atoms with Crippen LogP contribution in [0.5, 0.6) is 0 Å². The number of ether oxygens (including phenoxy) is 1. The average molecular weight is 188 g/mol. The number of hydrogen-bond donors (Lipinski definition) is 2. The summed E-state index contributed by atoms with van der Waals surface area (Å²) in [5.74, 6) is -0.345. The fourth-order valence-corrected chi connectivity index (χ4v) is 0.870. The highest BCUT2D eigenvalue weighted by Crippen LogP contribution is 2.08. The van der Waals surface area contributed by atoms with Gasteiger partial charge >= 0.3 is 0 Å². The quantitative estimate of drug-likeness (QED) is 0.628. The molecule has 0 aliphatic carbocycles. The van der Waals surface area contributed by atoms with Gasteiger partial charge in [0.05, 0.1) is 11.6 Å². The number of nitrogens with one attached hydrogen (secondary N) is 1. The molecule has 0 aromatic carbocycles. The second kappa shape index (κ2) is 5.19. The summed E-state index contributed by atoms with van der Waals surface area (Å²) in [5.41, 5.74) is 4.58. The van der Waals surface area contributed by atoms with Crippen molar-refractivity contribution in [2.75, 3.05) is 13.7 Å². The SMILES string of the molecule is CNC(C)(CCOC(C)C)C(N)=O. The van der Waals surface area contributed by atoms with Gasteiger partial charge in [0, 0.05) is 6.61 Å². The molecule has 13 heavy (non-hydrogen) atoms. The van der Waals surface area contributed by atoms with E-state index in [1.165, 1.54) is 0 Å². The molecule has 0 saturated heterocycles. The first kappa shape index (κ1) is 12.4. The van der Waals surface area contributed by atoms with Gasteiger partial charge in [-0.05, 0) is 34.2 Å². The number of amides is 1. The monoisotopic (exact) mass is 188 g/mol. The summed E-state index contributed by atoms with van der Waals surface area (Å²) >= 11 is 0. The highest BCUT2D eigenvalue weighted by Gasteiger charge is 2.28. The van der Waals surface area contributed by atoms with Gasteiger partial charge < -0.3 is 15.8 Å². The third kappa shape index (κ3) is 4.24. The molecule has 1 unspecified atom stereocenters. The third-order valence-corrected chi connectivity index (χ3v) is 2.15. The Bertz CT molecular complexity index is 171. The molecule has 1 atom stereocenters. The van der Waals surface area contributed by atoms with Crippen molar-refractivity contribution in [3.05, 3.63) is 0 Å². The van der Waals surface area contributed by atoms with Gasteiger partial charge in [0.25, 0.3) is 0 Å². The van der Waals surface area contributed by atoms with Crippen molar-refractivity contribution in [2.24, 2.45) is 5.73 Å². The predicted octanol–water partition coefficient (Wildman–Crippen LogP) is 0.265. The van der Waals surface area contributed by atoms with Crippen molar-refractivity contribution in [3.8, 4) is 0 Å². The van der Waals surface area contributed by atoms with Gasteiger partial charge in [0.15, 0.2) is 0 Å². The second-order valence-corrected chi connectivity index (χ2v) is 3.62. The van der Waals surface area contributed by atoms with E-state index in [0.717, 1.165) is 0 Å². The van der Waals surface area contributed by atoms with Crippen LogP contribution < -0.4 is 11.1 Å². The number of carbonyl (C=O) groups excluding carboxylic acids is 1. The van der Waals surface area contributed by atoms with E-state index in [2.05, 4.69) is 5.32 Å². The number of carbonyl (C=O) groups is 1. The lowest BCUT2D eigenvalue weighted by molar-refractivity contribution is -0.124. The summed E-state index contributed by atoms with van der Waals surface area (Å²) in [7, 11) is 1.72. The van der Waals surface area contributed by atoms with Crippen LogP contribution >= 0.6 is 0 Å². The van der Waals surface area contributed by atoms with Gasteiger partial charge in [-0.3, -0.25) is 4.79 Å². The molecule has 0 spiro atoms. The molecule has 0 aromatic heterocycles. The Balaban J connectivity index is 3.92. The Hall–Kier alpha value is -0.610. The molecule has 0 saturated carbocycles. The van der Waals surface area contributed by atoms with Crippen LogP contribution in [0, 0.1) is 0 Å². The van der Waals surface area contributed by atoms with Crippen molar-refractivity contribution in [3.63, 3.8) is 0 Å². The first-order valence-corrected chi connectivity index (χ1v) is 4.53. The zero-order valence-electron chi connectivity index (χ0n) is 8.89. The Morgan fingerprint density at radius 2 is 2.15 bits per heavy atom. The Morgan fingerprint density at radius 3 is 2.46 bits per heavy atom. The molecule has 4 nitrogen and oxygen atoms in total. The lowest BCUT2D eigenvalue weighted by Crippen LogP contribution is -2.52. The number of primary amides is 1. The van der Waals surface area contributed by atoms with E-state index in [1.54, 1.807) is 14.0 Å². The van der Waals surface area contributed by atoms with Crippen LogP contribution in [0.1, 0.15) is 27.2 Å². The first-order valence-electron chi connectivity index (χ1n) is 4.53. The lowest BCUT2D eigenvalue weighted by atomic mass is 9.98. The number of hydrogen-bond acceptors (Lipinski definition) is 3. The fraction of sp³-hybridized carbons (Fsp3) is 0.889. The smallest absolute Gasteiger partial charge is 0.237 e. The van der Waals surface area contributed by atoms with Crippen LogP contribution in [0.4, 0.5) is 0 Å². The Kier molecular flexibility index (Phi) is 4.95. The largest absolute Gasteiger partial charge is 0.379 e. The molecule has 0 heterocycles. The molecule has 4 heteroatoms. The first-order chi connectivity index (χ1) is 5.92. The molecule has 3 N–H and O–H groups in total. The summed E-state index contributed by atoms with van der Waals surface area (Å²) < 4.78 is 5.34. The predicted molar refractivity (Wildman–Crippen MR) is 52.4 cm³/mol. The van der Waals surface area contributed by atoms with Gasteiger partial charge in [-0.2, -0.15) is 0 Å². The number of nitrogens with two attached hydrogens (primary N) is 1. The highest BCUT2D eigenvalue weighted by atomic mass is 16.5. The summed E-state index contributed by atoms with van der Waals surface area (Å²) in [6.45, 7) is 6.24. The summed E-state index contributed by atoms with van der Waals surface area (Å²) in [5, 5.41) is 2.90. The van der Waals surface area contributed by atoms with Crippen LogP contribution in [0.2, 0.25) is 0 Å². The lowest BCUT2D eigenvalue weighted by Gasteiger charge is -2.25. The minimum Gasteiger partial charge on any atom is -0.379 e. The number of likely N-dealkylation sites (N-methyl/N-ethyl adjacent to an activating group) is 1. The molecule has 0 radical (unpaired) electrons. The standard InChI is InChI=1S/C9H20N2O2/c1-7(2)13-6-5-9(3,11-4)8(10)12/h7,11H,5-6H2,1-4H3,(H2,10,12). The highest BCUT2D eigenvalue weighted by molar-refractivity contribution is 5.84. The van der Waals surface area contributed by atoms with Gasteiger partial charge in [-0.1, -0.05) is 0 Å². The number of rotatable bonds is 6. The minimum absolute atomic E-state index is 0.189. The van der Waals surface area contributed by atoms with Gasteiger partial charge in [-0.15, -0.1) is 0 Å². The fourth-order valence-electron chi connectivity index (χ4n) is 0.870. The van der Waals surface area contributed by atoms with E-state index < -0.39 is 5.54 Å². The molecule has 0 bridgehead atoms. The molecule has 1 amide bonds. The topological polar surface area (TPSA) is 64.3 Å². The molecule has 0 rings (SSSR count). The Labute approximate surface area is 79.8 Å². The summed E-state index contributed by atoms with van der Waals surface area (Å²) in [6.07, 6.45) is 0.783. The van der Waals surface area contributed by atoms with Crippen molar-refractivity contribution < 1.29 is 9.53 Å². The van der Waals surface area contributed by atoms with E-state index in [1.807, 2.05) is 13.8 Å². The zero-order chi connectivity index (χ0) is 10.5. The van der Waals surface area contributed by atoms with Crippen LogP contribution in [0.3, 0.4) is 0 Å². The van der Waals surface area contributed by atoms with Crippen LogP contribution in [-0.2, 0) is 9.53 Å². The van der Waals surface area contributed by atoms with Crippen molar-refractivity contribution in [1.29, 1.82) is 0 Å². The summed E-state index contributed by atoms with van der Waals surface area (Å²) in [6, 6.07) is 0. The van der Waals surface area contributed by atoms with E-state index in [9.17, 15) is 4.79 Å². The van der Waals surface area contributed by atoms with Gasteiger partial charge in [0.2, 0.25) is 5.91 Å². The average Bonchev–Trinajstić information content (AvgIpc) is 2.03. The molecular formula is C9H20N2O2. The maximum absolute atomic E-state index is 11.0. The van der Waals surface area contributed by atoms with Gasteiger partial charge in [0.1, 0.15) is 0 Å². The molecule has 78 valence electrons. The third-order valence-electron chi connectivity index (χ3n) is 2.15. The van der Waals surface area contributed by atoms with Gasteiger partial charge in [-0.25, -0.2) is 0 Å². The summed E-state index contributed by atoms with van der Waals surface area (Å²) in [4.78, 5) is 11.0. The Morgan fingerprint density at radius 1 is 1.62 bits per heavy atom. The molecule has 0 aliphatic heterocycles. The van der Waals surface area contributed by atoms with E-state index >= 15 is 0 Å².